The van der Waals surface area contributed by atoms with Crippen molar-refractivity contribution in [2.24, 2.45) is 0 Å². The molecule has 114 valence electrons. The summed E-state index contributed by atoms with van der Waals surface area (Å²) in [5, 5.41) is 15.3. The van der Waals surface area contributed by atoms with Crippen LogP contribution in [-0.2, 0) is 11.3 Å². The van der Waals surface area contributed by atoms with Crippen LogP contribution in [0.4, 0.5) is 0 Å². The number of ether oxygens (including phenoxy) is 2. The van der Waals surface area contributed by atoms with Crippen LogP contribution >= 0.6 is 0 Å². The highest BCUT2D eigenvalue weighted by molar-refractivity contribution is 5.82. The Morgan fingerprint density at radius 2 is 2.14 bits per heavy atom. The number of carbonyl (C=O) groups excluding carboxylic acids is 1. The summed E-state index contributed by atoms with van der Waals surface area (Å²) in [6.45, 7) is 2.22. The fourth-order valence-corrected chi connectivity index (χ4v) is 2.55. The molecular formula is C15H20N2O4. The van der Waals surface area contributed by atoms with Crippen LogP contribution in [0.15, 0.2) is 18.2 Å². The molecule has 1 aromatic carbocycles. The fraction of sp³-hybridized carbons (Fsp3) is 0.533. The predicted octanol–water partition coefficient (Wildman–Crippen LogP) is 0.187. The number of hydrogen-bond acceptors (Lipinski definition) is 5. The van der Waals surface area contributed by atoms with Crippen LogP contribution in [0.3, 0.4) is 0 Å². The lowest BCUT2D eigenvalue weighted by Crippen LogP contribution is -2.40. The summed E-state index contributed by atoms with van der Waals surface area (Å²) in [6.07, 6.45) is 0.905. The second kappa shape index (κ2) is 6.32. The van der Waals surface area contributed by atoms with Gasteiger partial charge in [-0.2, -0.15) is 0 Å². The lowest BCUT2D eigenvalue weighted by atomic mass is 10.1. The van der Waals surface area contributed by atoms with Crippen molar-refractivity contribution in [2.75, 3.05) is 19.8 Å². The van der Waals surface area contributed by atoms with Gasteiger partial charge in [-0.1, -0.05) is 6.07 Å². The molecule has 6 nitrogen and oxygen atoms in total. The van der Waals surface area contributed by atoms with Crippen molar-refractivity contribution in [3.63, 3.8) is 0 Å². The number of hydrogen-bond donors (Lipinski definition) is 3. The second-order valence-electron chi connectivity index (χ2n) is 5.40. The van der Waals surface area contributed by atoms with Gasteiger partial charge < -0.3 is 25.2 Å². The molecule has 1 amide bonds. The van der Waals surface area contributed by atoms with Gasteiger partial charge in [0.25, 0.3) is 0 Å². The quantitative estimate of drug-likeness (QED) is 0.741. The van der Waals surface area contributed by atoms with Gasteiger partial charge in [0.1, 0.15) is 0 Å². The summed E-state index contributed by atoms with van der Waals surface area (Å²) >= 11 is 0. The molecule has 0 bridgehead atoms. The molecule has 2 unspecified atom stereocenters. The smallest absolute Gasteiger partial charge is 0.237 e. The van der Waals surface area contributed by atoms with E-state index in [9.17, 15) is 9.90 Å². The van der Waals surface area contributed by atoms with Crippen LogP contribution in [-0.4, -0.2) is 42.9 Å². The molecule has 0 radical (unpaired) electrons. The fourth-order valence-electron chi connectivity index (χ4n) is 2.55. The molecule has 21 heavy (non-hydrogen) atoms. The van der Waals surface area contributed by atoms with E-state index in [2.05, 4.69) is 10.6 Å². The average Bonchev–Trinajstić information content (AvgIpc) is 2.79. The molecule has 0 spiro atoms. The van der Waals surface area contributed by atoms with Gasteiger partial charge in [-0.25, -0.2) is 0 Å². The number of nitrogens with one attached hydrogen (secondary N) is 2. The first-order valence-electron chi connectivity index (χ1n) is 7.30. The second-order valence-corrected chi connectivity index (χ2v) is 5.40. The van der Waals surface area contributed by atoms with Crippen molar-refractivity contribution in [1.82, 2.24) is 10.6 Å². The third kappa shape index (κ3) is 3.46. The van der Waals surface area contributed by atoms with Crippen molar-refractivity contribution < 1.29 is 19.4 Å². The van der Waals surface area contributed by atoms with E-state index >= 15 is 0 Å². The van der Waals surface area contributed by atoms with Crippen molar-refractivity contribution in [1.29, 1.82) is 0 Å². The minimum Gasteiger partial charge on any atom is -0.490 e. The van der Waals surface area contributed by atoms with Crippen molar-refractivity contribution in [2.45, 2.75) is 31.5 Å². The molecule has 2 heterocycles. The van der Waals surface area contributed by atoms with Crippen LogP contribution in [0.5, 0.6) is 11.5 Å². The molecule has 0 saturated carbocycles. The first-order valence-corrected chi connectivity index (χ1v) is 7.30. The Kier molecular flexibility index (Phi) is 4.26. The first kappa shape index (κ1) is 14.2. The number of carbonyl (C=O) groups is 1. The highest BCUT2D eigenvalue weighted by atomic mass is 16.5. The number of rotatable bonds is 3. The van der Waals surface area contributed by atoms with E-state index in [0.717, 1.165) is 23.5 Å². The van der Waals surface area contributed by atoms with Crippen molar-refractivity contribution in [3.8, 4) is 11.5 Å². The van der Waals surface area contributed by atoms with Crippen LogP contribution in [0.1, 0.15) is 18.4 Å². The van der Waals surface area contributed by atoms with E-state index in [0.29, 0.717) is 32.7 Å². The highest BCUT2D eigenvalue weighted by Gasteiger charge is 2.27. The van der Waals surface area contributed by atoms with Gasteiger partial charge in [0, 0.05) is 19.5 Å². The topological polar surface area (TPSA) is 79.8 Å². The Hall–Kier alpha value is -1.79. The van der Waals surface area contributed by atoms with Gasteiger partial charge in [0.2, 0.25) is 5.91 Å². The van der Waals surface area contributed by atoms with E-state index in [4.69, 9.17) is 9.47 Å². The lowest BCUT2D eigenvalue weighted by Gasteiger charge is -2.12. The van der Waals surface area contributed by atoms with E-state index in [-0.39, 0.29) is 11.9 Å². The van der Waals surface area contributed by atoms with E-state index < -0.39 is 6.10 Å². The number of aliphatic hydroxyl groups excluding tert-OH is 1. The minimum absolute atomic E-state index is 0.0846. The molecule has 2 atom stereocenters. The van der Waals surface area contributed by atoms with Crippen LogP contribution in [0.25, 0.3) is 0 Å². The standard InChI is InChI=1S/C15H20N2O4/c18-11-7-12(16-9-11)15(19)17-8-10-2-3-13-14(6-10)21-5-1-4-20-13/h2-3,6,11-12,16,18H,1,4-5,7-9H2,(H,17,19). The molecule has 0 aromatic heterocycles. The zero-order valence-corrected chi connectivity index (χ0v) is 11.8. The van der Waals surface area contributed by atoms with Crippen LogP contribution in [0, 0.1) is 0 Å². The summed E-state index contributed by atoms with van der Waals surface area (Å²) in [7, 11) is 0. The summed E-state index contributed by atoms with van der Waals surface area (Å²) < 4.78 is 11.2. The van der Waals surface area contributed by atoms with Crippen LogP contribution in [0.2, 0.25) is 0 Å². The van der Waals surface area contributed by atoms with Gasteiger partial charge in [-0.15, -0.1) is 0 Å². The molecule has 1 aromatic rings. The molecule has 1 saturated heterocycles. The average molecular weight is 292 g/mol. The molecular weight excluding hydrogens is 272 g/mol. The maximum Gasteiger partial charge on any atom is 0.237 e. The highest BCUT2D eigenvalue weighted by Crippen LogP contribution is 2.30. The SMILES string of the molecule is O=C(NCc1ccc2c(c1)OCCCO2)C1CC(O)CN1. The van der Waals surface area contributed by atoms with E-state index in [1.54, 1.807) is 0 Å². The zero-order valence-electron chi connectivity index (χ0n) is 11.8. The summed E-state index contributed by atoms with van der Waals surface area (Å²) in [6, 6.07) is 5.39. The third-order valence-corrected chi connectivity index (χ3v) is 3.70. The van der Waals surface area contributed by atoms with Crippen molar-refractivity contribution >= 4 is 5.91 Å². The van der Waals surface area contributed by atoms with Gasteiger partial charge in [-0.05, 0) is 24.1 Å². The molecule has 2 aliphatic heterocycles. The number of β-amino-alcohol motifs (C(OH)–C–C–N with tert-alkyl or cyclic N) is 1. The maximum atomic E-state index is 12.0. The number of fused-ring (bicyclic) bond motifs is 1. The molecule has 3 rings (SSSR count). The summed E-state index contributed by atoms with van der Waals surface area (Å²) in [5.41, 5.74) is 0.964. The summed E-state index contributed by atoms with van der Waals surface area (Å²) in [4.78, 5) is 12.0. The van der Waals surface area contributed by atoms with Gasteiger partial charge in [0.15, 0.2) is 11.5 Å². The zero-order chi connectivity index (χ0) is 14.7. The molecule has 1 fully saturated rings. The van der Waals surface area contributed by atoms with E-state index in [1.165, 1.54) is 0 Å². The Balaban J connectivity index is 1.58. The minimum atomic E-state index is -0.432. The molecule has 0 aliphatic carbocycles. The largest absolute Gasteiger partial charge is 0.490 e. The Morgan fingerprint density at radius 3 is 2.90 bits per heavy atom. The monoisotopic (exact) mass is 292 g/mol. The first-order chi connectivity index (χ1) is 10.2. The normalized spacial score (nSPS) is 24.4. The van der Waals surface area contributed by atoms with Gasteiger partial charge >= 0.3 is 0 Å². The van der Waals surface area contributed by atoms with E-state index in [1.807, 2.05) is 18.2 Å². The molecule has 2 aliphatic rings. The number of amides is 1. The Bertz CT molecular complexity index is 520. The lowest BCUT2D eigenvalue weighted by molar-refractivity contribution is -0.123. The van der Waals surface area contributed by atoms with Crippen LogP contribution < -0.4 is 20.1 Å². The third-order valence-electron chi connectivity index (χ3n) is 3.70. The van der Waals surface area contributed by atoms with Gasteiger partial charge in [0.05, 0.1) is 25.4 Å². The molecule has 3 N–H and O–H groups in total. The predicted molar refractivity (Wildman–Crippen MR) is 76.3 cm³/mol. The number of benzene rings is 1. The maximum absolute atomic E-state index is 12.0. The van der Waals surface area contributed by atoms with Gasteiger partial charge in [-0.3, -0.25) is 4.79 Å². The Morgan fingerprint density at radius 1 is 1.33 bits per heavy atom. The summed E-state index contributed by atoms with van der Waals surface area (Å²) in [5.74, 6) is 1.40. The van der Waals surface area contributed by atoms with Crippen molar-refractivity contribution in [3.05, 3.63) is 23.8 Å². The number of aliphatic hydroxyl groups is 1. The Labute approximate surface area is 123 Å². The molecule has 6 heteroatoms.